The number of hydrogen-bond donors (Lipinski definition) is 2. The molecule has 0 unspecified atom stereocenters. The second-order valence-electron chi connectivity index (χ2n) is 5.00. The maximum Gasteiger partial charge on any atom is 0.314 e. The first-order valence-electron chi connectivity index (χ1n) is 6.36. The number of benzene rings is 1. The number of carboxylic acid groups (broad SMARTS) is 1. The van der Waals surface area contributed by atoms with Crippen LogP contribution in [0.2, 0.25) is 0 Å². The molecule has 2 rings (SSSR count). The van der Waals surface area contributed by atoms with Crippen molar-refractivity contribution < 1.29 is 14.3 Å². The van der Waals surface area contributed by atoms with Crippen LogP contribution < -0.4 is 5.73 Å². The van der Waals surface area contributed by atoms with Crippen molar-refractivity contribution in [3.05, 3.63) is 29.6 Å². The highest BCUT2D eigenvalue weighted by Gasteiger charge is 2.42. The smallest absolute Gasteiger partial charge is 0.314 e. The van der Waals surface area contributed by atoms with Gasteiger partial charge in [-0.2, -0.15) is 0 Å². The van der Waals surface area contributed by atoms with E-state index in [1.807, 2.05) is 0 Å². The van der Waals surface area contributed by atoms with Crippen LogP contribution >= 0.6 is 0 Å². The number of carboxylic acids is 1. The zero-order valence-corrected chi connectivity index (χ0v) is 10.3. The first kappa shape index (κ1) is 12.9. The van der Waals surface area contributed by atoms with Gasteiger partial charge in [0.1, 0.15) is 5.82 Å². The van der Waals surface area contributed by atoms with Crippen LogP contribution in [0.5, 0.6) is 0 Å². The summed E-state index contributed by atoms with van der Waals surface area (Å²) in [6.45, 7) is 0. The molecule has 1 fully saturated rings. The topological polar surface area (TPSA) is 63.3 Å². The molecule has 0 amide bonds. The van der Waals surface area contributed by atoms with Gasteiger partial charge in [0.25, 0.3) is 0 Å². The van der Waals surface area contributed by atoms with E-state index in [4.69, 9.17) is 5.73 Å². The second kappa shape index (κ2) is 4.96. The number of anilines is 1. The highest BCUT2D eigenvalue weighted by molar-refractivity contribution is 5.83. The lowest BCUT2D eigenvalue weighted by Gasteiger charge is -2.29. The van der Waals surface area contributed by atoms with E-state index < -0.39 is 17.2 Å². The van der Waals surface area contributed by atoms with E-state index in [-0.39, 0.29) is 5.69 Å². The van der Waals surface area contributed by atoms with Crippen molar-refractivity contribution in [3.8, 4) is 0 Å². The average Bonchev–Trinajstić information content (AvgIpc) is 2.59. The number of rotatable bonds is 2. The Kier molecular flexibility index (Phi) is 3.55. The summed E-state index contributed by atoms with van der Waals surface area (Å²) in [6.07, 6.45) is 4.84. The summed E-state index contributed by atoms with van der Waals surface area (Å²) in [4.78, 5) is 11.7. The van der Waals surface area contributed by atoms with E-state index in [1.54, 1.807) is 6.07 Å². The standard InChI is InChI=1S/C14H18FNO2/c15-11-7-5-6-10(12(11)16)14(13(17)18)8-3-1-2-4-9-14/h5-7H,1-4,8-9,16H2,(H,17,18). The van der Waals surface area contributed by atoms with Crippen molar-refractivity contribution in [3.63, 3.8) is 0 Å². The number of carbonyl (C=O) groups is 1. The van der Waals surface area contributed by atoms with Crippen LogP contribution in [0.25, 0.3) is 0 Å². The van der Waals surface area contributed by atoms with Crippen molar-refractivity contribution in [2.75, 3.05) is 5.73 Å². The molecule has 3 N–H and O–H groups in total. The lowest BCUT2D eigenvalue weighted by atomic mass is 9.73. The zero-order chi connectivity index (χ0) is 13.2. The molecule has 0 heterocycles. The van der Waals surface area contributed by atoms with Crippen LogP contribution in [0.1, 0.15) is 44.1 Å². The van der Waals surface area contributed by atoms with Gasteiger partial charge in [-0.3, -0.25) is 4.79 Å². The number of para-hydroxylation sites is 1. The lowest BCUT2D eigenvalue weighted by molar-refractivity contribution is -0.144. The first-order valence-corrected chi connectivity index (χ1v) is 6.36. The second-order valence-corrected chi connectivity index (χ2v) is 5.00. The predicted octanol–water partition coefficient (Wildman–Crippen LogP) is 3.08. The third-order valence-corrected chi connectivity index (χ3v) is 3.93. The Hall–Kier alpha value is -1.58. The van der Waals surface area contributed by atoms with Crippen LogP contribution in [-0.4, -0.2) is 11.1 Å². The van der Waals surface area contributed by atoms with E-state index >= 15 is 0 Å². The van der Waals surface area contributed by atoms with Crippen LogP contribution in [0.4, 0.5) is 10.1 Å². The molecule has 98 valence electrons. The third kappa shape index (κ3) is 2.07. The minimum atomic E-state index is -1.01. The summed E-state index contributed by atoms with van der Waals surface area (Å²) in [5, 5.41) is 9.60. The number of aliphatic carboxylic acids is 1. The molecular weight excluding hydrogens is 233 g/mol. The largest absolute Gasteiger partial charge is 0.481 e. The maximum atomic E-state index is 13.6. The molecule has 0 aliphatic heterocycles. The molecule has 1 aliphatic rings. The fraction of sp³-hybridized carbons (Fsp3) is 0.500. The van der Waals surface area contributed by atoms with Crippen LogP contribution in [0.3, 0.4) is 0 Å². The molecule has 0 aromatic heterocycles. The number of nitrogen functional groups attached to an aromatic ring is 1. The molecule has 0 bridgehead atoms. The fourth-order valence-corrected chi connectivity index (χ4v) is 2.88. The van der Waals surface area contributed by atoms with Crippen molar-refractivity contribution in [1.82, 2.24) is 0 Å². The molecule has 3 nitrogen and oxygen atoms in total. The van der Waals surface area contributed by atoms with Gasteiger partial charge in [0.05, 0.1) is 11.1 Å². The summed E-state index contributed by atoms with van der Waals surface area (Å²) < 4.78 is 13.6. The van der Waals surface area contributed by atoms with Gasteiger partial charge in [-0.25, -0.2) is 4.39 Å². The molecule has 1 saturated carbocycles. The molecular formula is C14H18FNO2. The van der Waals surface area contributed by atoms with Gasteiger partial charge in [-0.05, 0) is 24.5 Å². The first-order chi connectivity index (χ1) is 8.58. The van der Waals surface area contributed by atoms with Crippen molar-refractivity contribution >= 4 is 11.7 Å². The molecule has 0 spiro atoms. The van der Waals surface area contributed by atoms with Gasteiger partial charge >= 0.3 is 5.97 Å². The molecule has 4 heteroatoms. The lowest BCUT2D eigenvalue weighted by Crippen LogP contribution is -2.36. The van der Waals surface area contributed by atoms with Crippen LogP contribution in [0, 0.1) is 5.82 Å². The predicted molar refractivity (Wildman–Crippen MR) is 67.8 cm³/mol. The molecule has 0 radical (unpaired) electrons. The van der Waals surface area contributed by atoms with Gasteiger partial charge in [-0.1, -0.05) is 37.8 Å². The maximum absolute atomic E-state index is 13.6. The van der Waals surface area contributed by atoms with E-state index in [1.165, 1.54) is 12.1 Å². The molecule has 1 aliphatic carbocycles. The van der Waals surface area contributed by atoms with E-state index in [9.17, 15) is 14.3 Å². The van der Waals surface area contributed by atoms with Gasteiger partial charge in [-0.15, -0.1) is 0 Å². The number of halogens is 1. The normalized spacial score (nSPS) is 19.2. The van der Waals surface area contributed by atoms with Crippen LogP contribution in [-0.2, 0) is 10.2 Å². The SMILES string of the molecule is Nc1c(F)cccc1C1(C(=O)O)CCCCCC1. The highest BCUT2D eigenvalue weighted by atomic mass is 19.1. The Labute approximate surface area is 106 Å². The monoisotopic (exact) mass is 251 g/mol. The summed E-state index contributed by atoms with van der Waals surface area (Å²) in [5.74, 6) is -1.42. The third-order valence-electron chi connectivity index (χ3n) is 3.93. The number of nitrogens with two attached hydrogens (primary N) is 1. The van der Waals surface area contributed by atoms with Gasteiger partial charge in [0, 0.05) is 0 Å². The molecule has 18 heavy (non-hydrogen) atoms. The number of hydrogen-bond acceptors (Lipinski definition) is 2. The Balaban J connectivity index is 2.52. The fourth-order valence-electron chi connectivity index (χ4n) is 2.88. The van der Waals surface area contributed by atoms with Gasteiger partial charge in [0.2, 0.25) is 0 Å². The van der Waals surface area contributed by atoms with E-state index in [2.05, 4.69) is 0 Å². The van der Waals surface area contributed by atoms with Crippen LogP contribution in [0.15, 0.2) is 18.2 Å². The minimum absolute atomic E-state index is 0.0122. The summed E-state index contributed by atoms with van der Waals surface area (Å²) in [7, 11) is 0. The summed E-state index contributed by atoms with van der Waals surface area (Å²) >= 11 is 0. The Bertz CT molecular complexity index is 451. The summed E-state index contributed by atoms with van der Waals surface area (Å²) in [6, 6.07) is 4.46. The van der Waals surface area contributed by atoms with E-state index in [0.29, 0.717) is 18.4 Å². The Morgan fingerprint density at radius 1 is 1.22 bits per heavy atom. The van der Waals surface area contributed by atoms with Crippen molar-refractivity contribution in [2.24, 2.45) is 0 Å². The Morgan fingerprint density at radius 3 is 2.39 bits per heavy atom. The van der Waals surface area contributed by atoms with E-state index in [0.717, 1.165) is 25.7 Å². The molecule has 1 aromatic rings. The summed E-state index contributed by atoms with van der Waals surface area (Å²) in [5.41, 5.74) is 5.17. The Morgan fingerprint density at radius 2 is 1.83 bits per heavy atom. The molecule has 1 aromatic carbocycles. The minimum Gasteiger partial charge on any atom is -0.481 e. The van der Waals surface area contributed by atoms with Gasteiger partial charge < -0.3 is 10.8 Å². The van der Waals surface area contributed by atoms with Gasteiger partial charge in [0.15, 0.2) is 0 Å². The quantitative estimate of drug-likeness (QED) is 0.627. The molecule has 0 saturated heterocycles. The molecule has 0 atom stereocenters. The average molecular weight is 251 g/mol. The van der Waals surface area contributed by atoms with Crippen molar-refractivity contribution in [2.45, 2.75) is 43.9 Å². The van der Waals surface area contributed by atoms with Crippen molar-refractivity contribution in [1.29, 1.82) is 0 Å². The zero-order valence-electron chi connectivity index (χ0n) is 10.3. The highest BCUT2D eigenvalue weighted by Crippen LogP contribution is 2.41.